The first kappa shape index (κ1) is 22.9. The van der Waals surface area contributed by atoms with E-state index in [0.29, 0.717) is 24.5 Å². The van der Waals surface area contributed by atoms with Crippen LogP contribution >= 0.6 is 11.6 Å². The highest BCUT2D eigenvalue weighted by atomic mass is 35.5. The largest absolute Gasteiger partial charge is 0.451 e. The quantitative estimate of drug-likeness (QED) is 0.533. The number of pyridine rings is 1. The van der Waals surface area contributed by atoms with Crippen LogP contribution in [-0.4, -0.2) is 50.2 Å². The maximum absolute atomic E-state index is 13.3. The second kappa shape index (κ2) is 8.41. The molecule has 7 nitrogen and oxygen atoms in total. The molecule has 2 aliphatic rings. The highest BCUT2D eigenvalue weighted by Crippen LogP contribution is 2.38. The number of benzene rings is 1. The number of piperidine rings is 1. The third kappa shape index (κ3) is 3.97. The van der Waals surface area contributed by atoms with Crippen LogP contribution in [0.1, 0.15) is 30.6 Å². The summed E-state index contributed by atoms with van der Waals surface area (Å²) in [5.41, 5.74) is 2.92. The lowest BCUT2D eigenvalue weighted by atomic mass is 9.85. The Kier molecular flexibility index (Phi) is 5.66. The third-order valence-corrected chi connectivity index (χ3v) is 7.09. The van der Waals surface area contributed by atoms with Crippen LogP contribution in [0.4, 0.5) is 18.9 Å². The van der Waals surface area contributed by atoms with Crippen LogP contribution in [0.15, 0.2) is 24.4 Å². The van der Waals surface area contributed by atoms with Gasteiger partial charge in [0.2, 0.25) is 11.7 Å². The van der Waals surface area contributed by atoms with Crippen molar-refractivity contribution in [1.29, 1.82) is 0 Å². The fraction of sp³-hybridized carbons (Fsp3) is 0.478. The van der Waals surface area contributed by atoms with Crippen LogP contribution in [0.5, 0.6) is 0 Å². The first-order valence-corrected chi connectivity index (χ1v) is 11.6. The fourth-order valence-electron chi connectivity index (χ4n) is 5.09. The minimum atomic E-state index is -4.56. The molecular weight excluding hydrogens is 469 g/mol. The van der Waals surface area contributed by atoms with E-state index in [0.717, 1.165) is 26.7 Å². The second-order valence-electron chi connectivity index (χ2n) is 9.14. The number of carbonyl (C=O) groups is 1. The summed E-state index contributed by atoms with van der Waals surface area (Å²) in [5, 5.41) is 8.54. The number of aryl methyl sites for hydroxylation is 1. The average Bonchev–Trinajstić information content (AvgIpc) is 3.22. The van der Waals surface area contributed by atoms with E-state index < -0.39 is 12.0 Å². The van der Waals surface area contributed by atoms with E-state index in [1.165, 1.54) is 0 Å². The molecule has 1 fully saturated rings. The Morgan fingerprint density at radius 2 is 1.97 bits per heavy atom. The lowest BCUT2D eigenvalue weighted by Gasteiger charge is -2.40. The first-order chi connectivity index (χ1) is 16.1. The van der Waals surface area contributed by atoms with Crippen molar-refractivity contribution < 1.29 is 18.0 Å². The van der Waals surface area contributed by atoms with Gasteiger partial charge in [-0.05, 0) is 30.9 Å². The van der Waals surface area contributed by atoms with E-state index in [1.807, 2.05) is 32.0 Å². The number of nitrogens with zero attached hydrogens (tertiary/aromatic N) is 6. The molecule has 0 radical (unpaired) electrons. The SMILES string of the molecule is Cc1ccc2c(N3CC[C@H](C(=O)N4CCn5c(nnc5C(F)(F)F)C4)[C@H](C)C3)c(Cl)cnc2c1. The number of rotatable bonds is 2. The van der Waals surface area contributed by atoms with E-state index in [-0.39, 0.29) is 43.2 Å². The molecule has 0 N–H and O–H groups in total. The van der Waals surface area contributed by atoms with Gasteiger partial charge in [0, 0.05) is 43.7 Å². The fourth-order valence-corrected chi connectivity index (χ4v) is 5.36. The molecule has 11 heteroatoms. The molecule has 0 bridgehead atoms. The summed E-state index contributed by atoms with van der Waals surface area (Å²) >= 11 is 6.55. The predicted molar refractivity (Wildman–Crippen MR) is 121 cm³/mol. The topological polar surface area (TPSA) is 67.2 Å². The van der Waals surface area contributed by atoms with Gasteiger partial charge in [0.05, 0.1) is 22.8 Å². The van der Waals surface area contributed by atoms with E-state index in [1.54, 1.807) is 11.1 Å². The molecule has 4 heterocycles. The summed E-state index contributed by atoms with van der Waals surface area (Å²) in [6.45, 7) is 5.62. The normalized spacial score (nSPS) is 21.1. The van der Waals surface area contributed by atoms with E-state index in [4.69, 9.17) is 11.6 Å². The van der Waals surface area contributed by atoms with Crippen LogP contribution in [0.25, 0.3) is 10.9 Å². The number of aromatic nitrogens is 4. The van der Waals surface area contributed by atoms with Gasteiger partial charge in [-0.15, -0.1) is 10.2 Å². The van der Waals surface area contributed by atoms with Crippen molar-refractivity contribution >= 4 is 34.1 Å². The van der Waals surface area contributed by atoms with Crippen LogP contribution in [0.2, 0.25) is 5.02 Å². The molecule has 2 aromatic heterocycles. The van der Waals surface area contributed by atoms with Crippen molar-refractivity contribution in [2.75, 3.05) is 24.5 Å². The monoisotopic (exact) mass is 492 g/mol. The highest BCUT2D eigenvalue weighted by molar-refractivity contribution is 6.34. The Labute approximate surface area is 199 Å². The Balaban J connectivity index is 1.32. The summed E-state index contributed by atoms with van der Waals surface area (Å²) in [6.07, 6.45) is -2.27. The van der Waals surface area contributed by atoms with Crippen LogP contribution in [0, 0.1) is 18.8 Å². The smallest absolute Gasteiger partial charge is 0.369 e. The zero-order valence-electron chi connectivity index (χ0n) is 18.8. The van der Waals surface area contributed by atoms with Crippen molar-refractivity contribution in [1.82, 2.24) is 24.6 Å². The number of carbonyl (C=O) groups excluding carboxylic acids is 1. The lowest BCUT2D eigenvalue weighted by molar-refractivity contribution is -0.148. The van der Waals surface area contributed by atoms with Gasteiger partial charge in [0.15, 0.2) is 5.82 Å². The average molecular weight is 493 g/mol. The van der Waals surface area contributed by atoms with Crippen molar-refractivity contribution in [3.8, 4) is 0 Å². The number of alkyl halides is 3. The zero-order valence-corrected chi connectivity index (χ0v) is 19.6. The molecule has 3 aromatic rings. The standard InChI is InChI=1S/C23H24ClF3N6O/c1-13-3-4-16-18(9-13)28-10-17(24)20(16)31-6-5-15(14(2)11-31)21(34)32-7-8-33-19(12-32)29-30-22(33)23(25,26)27/h3-4,9-10,14-15H,5-8,11-12H2,1-2H3/t14-,15+/m1/s1. The number of halogens is 4. The van der Waals surface area contributed by atoms with Crippen molar-refractivity contribution in [3.63, 3.8) is 0 Å². The molecule has 5 rings (SSSR count). The summed E-state index contributed by atoms with van der Waals surface area (Å²) in [6, 6.07) is 6.08. The highest BCUT2D eigenvalue weighted by Gasteiger charge is 2.41. The van der Waals surface area contributed by atoms with Gasteiger partial charge in [0.25, 0.3) is 0 Å². The Hall–Kier alpha value is -2.88. The van der Waals surface area contributed by atoms with Gasteiger partial charge in [0.1, 0.15) is 0 Å². The molecule has 0 aliphatic carbocycles. The van der Waals surface area contributed by atoms with Gasteiger partial charge >= 0.3 is 6.18 Å². The number of fused-ring (bicyclic) bond motifs is 2. The maximum Gasteiger partial charge on any atom is 0.451 e. The van der Waals surface area contributed by atoms with Gasteiger partial charge in [-0.1, -0.05) is 30.7 Å². The molecule has 2 atom stereocenters. The van der Waals surface area contributed by atoms with E-state index >= 15 is 0 Å². The zero-order chi connectivity index (χ0) is 24.2. The lowest BCUT2D eigenvalue weighted by Crippen LogP contribution is -2.49. The number of hydrogen-bond acceptors (Lipinski definition) is 5. The molecular formula is C23H24ClF3N6O. The summed E-state index contributed by atoms with van der Waals surface area (Å²) in [5.74, 6) is -1.06. The van der Waals surface area contributed by atoms with E-state index in [9.17, 15) is 18.0 Å². The van der Waals surface area contributed by atoms with Crippen LogP contribution < -0.4 is 4.90 Å². The van der Waals surface area contributed by atoms with Crippen LogP contribution in [0.3, 0.4) is 0 Å². The molecule has 1 aromatic carbocycles. The van der Waals surface area contributed by atoms with E-state index in [2.05, 4.69) is 20.1 Å². The maximum atomic E-state index is 13.3. The summed E-state index contributed by atoms with van der Waals surface area (Å²) < 4.78 is 40.4. The van der Waals surface area contributed by atoms with Crippen molar-refractivity contribution in [3.05, 3.63) is 46.6 Å². The molecule has 1 amide bonds. The van der Waals surface area contributed by atoms with Crippen molar-refractivity contribution in [2.24, 2.45) is 11.8 Å². The Bertz CT molecular complexity index is 1260. The van der Waals surface area contributed by atoms with Gasteiger partial charge < -0.3 is 14.4 Å². The van der Waals surface area contributed by atoms with Crippen LogP contribution in [-0.2, 0) is 24.1 Å². The number of hydrogen-bond donors (Lipinski definition) is 0. The molecule has 0 unspecified atom stereocenters. The minimum Gasteiger partial charge on any atom is -0.369 e. The minimum absolute atomic E-state index is 0.0359. The Morgan fingerprint density at radius 1 is 1.18 bits per heavy atom. The number of anilines is 1. The third-order valence-electron chi connectivity index (χ3n) is 6.81. The molecule has 180 valence electrons. The van der Waals surface area contributed by atoms with Gasteiger partial charge in [-0.3, -0.25) is 9.78 Å². The molecule has 2 aliphatic heterocycles. The summed E-state index contributed by atoms with van der Waals surface area (Å²) in [7, 11) is 0. The predicted octanol–water partition coefficient (Wildman–Crippen LogP) is 4.31. The summed E-state index contributed by atoms with van der Waals surface area (Å²) in [4.78, 5) is 21.6. The number of amides is 1. The molecule has 34 heavy (non-hydrogen) atoms. The molecule has 0 spiro atoms. The van der Waals surface area contributed by atoms with Gasteiger partial charge in [-0.25, -0.2) is 0 Å². The second-order valence-corrected chi connectivity index (χ2v) is 9.55. The molecule has 1 saturated heterocycles. The van der Waals surface area contributed by atoms with Crippen molar-refractivity contribution in [2.45, 2.75) is 39.5 Å². The Morgan fingerprint density at radius 3 is 2.71 bits per heavy atom. The van der Waals surface area contributed by atoms with Gasteiger partial charge in [-0.2, -0.15) is 13.2 Å². The first-order valence-electron chi connectivity index (χ1n) is 11.2. The molecule has 0 saturated carbocycles.